The minimum absolute atomic E-state index is 0.260. The van der Waals surface area contributed by atoms with Gasteiger partial charge in [-0.1, -0.05) is 0 Å². The Morgan fingerprint density at radius 3 is 2.27 bits per heavy atom. The molecule has 138 valence electrons. The maximum Gasteiger partial charge on any atom is 0.258 e. The maximum atomic E-state index is 12.4. The van der Waals surface area contributed by atoms with E-state index in [4.69, 9.17) is 20.2 Å². The third-order valence-electron chi connectivity index (χ3n) is 4.54. The van der Waals surface area contributed by atoms with Crippen LogP contribution in [0.4, 0.5) is 17.6 Å². The van der Waals surface area contributed by atoms with E-state index in [1.165, 1.54) is 0 Å². The van der Waals surface area contributed by atoms with Crippen molar-refractivity contribution in [2.24, 2.45) is 0 Å². The zero-order chi connectivity index (χ0) is 17.9. The lowest BCUT2D eigenvalue weighted by molar-refractivity contribution is 0.121. The smallest absolute Gasteiger partial charge is 0.258 e. The van der Waals surface area contributed by atoms with Crippen LogP contribution in [0.5, 0.6) is 0 Å². The van der Waals surface area contributed by atoms with Crippen LogP contribution >= 0.6 is 0 Å². The minimum Gasteiger partial charge on any atom is -0.385 e. The highest BCUT2D eigenvalue weighted by Gasteiger charge is 2.20. The average molecular weight is 358 g/mol. The lowest BCUT2D eigenvalue weighted by atomic mass is 10.2. The summed E-state index contributed by atoms with van der Waals surface area (Å²) in [7, 11) is 0. The number of nitrogen functional groups attached to an aromatic ring is 1. The summed E-state index contributed by atoms with van der Waals surface area (Å²) in [4.78, 5) is 28.6. The van der Waals surface area contributed by atoms with E-state index in [1.54, 1.807) is 12.1 Å². The number of nitrogens with zero attached hydrogens (tertiary/aromatic N) is 4. The van der Waals surface area contributed by atoms with Crippen molar-refractivity contribution in [2.45, 2.75) is 0 Å². The summed E-state index contributed by atoms with van der Waals surface area (Å²) in [6, 6.07) is 5.22. The molecule has 9 heteroatoms. The van der Waals surface area contributed by atoms with Gasteiger partial charge in [0.25, 0.3) is 5.56 Å². The quantitative estimate of drug-likeness (QED) is 0.794. The van der Waals surface area contributed by atoms with Gasteiger partial charge in [-0.3, -0.25) is 4.79 Å². The maximum absolute atomic E-state index is 12.4. The highest BCUT2D eigenvalue weighted by molar-refractivity contribution is 5.65. The first-order valence-corrected chi connectivity index (χ1v) is 8.74. The number of nitrogens with one attached hydrogen (secondary N) is 1. The number of hydrogen-bond donors (Lipinski definition) is 2. The van der Waals surface area contributed by atoms with Gasteiger partial charge in [-0.2, -0.15) is 4.98 Å². The van der Waals surface area contributed by atoms with Crippen LogP contribution in [-0.4, -0.2) is 67.6 Å². The summed E-state index contributed by atoms with van der Waals surface area (Å²) in [6.45, 7) is 5.58. The van der Waals surface area contributed by atoms with Crippen LogP contribution < -0.4 is 21.1 Å². The molecule has 0 unspecified atom stereocenters. The number of nitrogens with two attached hydrogens (primary N) is 1. The molecule has 2 aromatic heterocycles. The summed E-state index contributed by atoms with van der Waals surface area (Å²) >= 11 is 0. The summed E-state index contributed by atoms with van der Waals surface area (Å²) < 4.78 is 10.9. The molecule has 0 atom stereocenters. The molecule has 26 heavy (non-hydrogen) atoms. The third-order valence-corrected chi connectivity index (χ3v) is 4.54. The number of ether oxygens (including phenoxy) is 2. The Balaban J connectivity index is 1.77. The molecule has 4 heterocycles. The van der Waals surface area contributed by atoms with Gasteiger partial charge in [-0.25, -0.2) is 4.98 Å². The van der Waals surface area contributed by atoms with Gasteiger partial charge in [0.15, 0.2) is 0 Å². The number of rotatable bonds is 3. The second-order valence-corrected chi connectivity index (χ2v) is 6.27. The molecule has 0 aliphatic carbocycles. The minimum atomic E-state index is -0.260. The Morgan fingerprint density at radius 1 is 0.962 bits per heavy atom. The number of morpholine rings is 2. The molecule has 2 aromatic rings. The molecule has 2 fully saturated rings. The Labute approximate surface area is 150 Å². The third kappa shape index (κ3) is 3.49. The molecule has 0 spiro atoms. The topological polar surface area (TPSA) is 110 Å². The van der Waals surface area contributed by atoms with Gasteiger partial charge in [-0.05, 0) is 12.1 Å². The summed E-state index contributed by atoms with van der Waals surface area (Å²) in [5, 5.41) is 0. The molecule has 0 aromatic carbocycles. The fraction of sp³-hybridized carbons (Fsp3) is 0.471. The molecule has 0 bridgehead atoms. The second kappa shape index (κ2) is 7.30. The zero-order valence-corrected chi connectivity index (χ0v) is 14.5. The van der Waals surface area contributed by atoms with Gasteiger partial charge in [0.2, 0.25) is 5.95 Å². The van der Waals surface area contributed by atoms with Crippen LogP contribution in [0.25, 0.3) is 11.3 Å². The molecule has 0 radical (unpaired) electrons. The molecular formula is C17H22N6O3. The van der Waals surface area contributed by atoms with Crippen LogP contribution in [0.1, 0.15) is 0 Å². The number of H-pyrrole nitrogens is 1. The van der Waals surface area contributed by atoms with Crippen LogP contribution in [-0.2, 0) is 9.47 Å². The van der Waals surface area contributed by atoms with Crippen molar-refractivity contribution >= 4 is 17.6 Å². The molecule has 0 saturated carbocycles. The highest BCUT2D eigenvalue weighted by Crippen LogP contribution is 2.24. The van der Waals surface area contributed by atoms with E-state index in [9.17, 15) is 4.79 Å². The Hall–Kier alpha value is -2.65. The molecule has 2 saturated heterocycles. The molecular weight excluding hydrogens is 336 g/mol. The first-order chi connectivity index (χ1) is 12.7. The number of aromatic nitrogens is 3. The van der Waals surface area contributed by atoms with Crippen LogP contribution in [0, 0.1) is 0 Å². The number of aromatic amines is 1. The summed E-state index contributed by atoms with van der Waals surface area (Å²) in [6.07, 6.45) is 0. The molecule has 9 nitrogen and oxygen atoms in total. The van der Waals surface area contributed by atoms with Crippen LogP contribution in [0.2, 0.25) is 0 Å². The SMILES string of the molecule is Nc1ccc(-c2cc(N3CCOCC3)nc(N3CCOCC3)n2)c(=O)[nH]1. The zero-order valence-electron chi connectivity index (χ0n) is 14.5. The van der Waals surface area contributed by atoms with E-state index in [0.717, 1.165) is 32.0 Å². The van der Waals surface area contributed by atoms with E-state index < -0.39 is 0 Å². The Morgan fingerprint density at radius 2 is 1.62 bits per heavy atom. The van der Waals surface area contributed by atoms with Gasteiger partial charge in [-0.15, -0.1) is 0 Å². The Bertz CT molecular complexity index is 791. The van der Waals surface area contributed by atoms with Gasteiger partial charge in [0, 0.05) is 32.2 Å². The number of hydrogen-bond acceptors (Lipinski definition) is 8. The summed E-state index contributed by atoms with van der Waals surface area (Å²) in [5.41, 5.74) is 6.47. The monoisotopic (exact) mass is 358 g/mol. The van der Waals surface area contributed by atoms with Gasteiger partial charge in [0.1, 0.15) is 11.6 Å². The van der Waals surface area contributed by atoms with E-state index in [2.05, 4.69) is 19.8 Å². The van der Waals surface area contributed by atoms with E-state index in [0.29, 0.717) is 49.5 Å². The molecule has 4 rings (SSSR count). The van der Waals surface area contributed by atoms with Crippen molar-refractivity contribution in [2.75, 3.05) is 68.1 Å². The number of anilines is 3. The average Bonchev–Trinajstić information content (AvgIpc) is 2.69. The lowest BCUT2D eigenvalue weighted by Gasteiger charge is -2.31. The first kappa shape index (κ1) is 16.8. The Kier molecular flexibility index (Phi) is 4.72. The highest BCUT2D eigenvalue weighted by atomic mass is 16.5. The van der Waals surface area contributed by atoms with Crippen LogP contribution in [0.15, 0.2) is 23.0 Å². The lowest BCUT2D eigenvalue weighted by Crippen LogP contribution is -2.39. The molecule has 2 aliphatic heterocycles. The molecule has 3 N–H and O–H groups in total. The van der Waals surface area contributed by atoms with E-state index in [1.807, 2.05) is 6.07 Å². The fourth-order valence-corrected chi connectivity index (χ4v) is 3.11. The predicted molar refractivity (Wildman–Crippen MR) is 98.6 cm³/mol. The molecule has 0 amide bonds. The predicted octanol–water partition coefficient (Wildman–Crippen LogP) is 0.0873. The van der Waals surface area contributed by atoms with Crippen molar-refractivity contribution < 1.29 is 9.47 Å². The van der Waals surface area contributed by atoms with Gasteiger partial charge >= 0.3 is 0 Å². The largest absolute Gasteiger partial charge is 0.385 e. The van der Waals surface area contributed by atoms with Crippen molar-refractivity contribution in [3.63, 3.8) is 0 Å². The van der Waals surface area contributed by atoms with Gasteiger partial charge < -0.3 is 30.0 Å². The second-order valence-electron chi connectivity index (χ2n) is 6.27. The first-order valence-electron chi connectivity index (χ1n) is 8.74. The van der Waals surface area contributed by atoms with E-state index in [-0.39, 0.29) is 5.56 Å². The van der Waals surface area contributed by atoms with Crippen LogP contribution in [0.3, 0.4) is 0 Å². The van der Waals surface area contributed by atoms with Crippen molar-refractivity contribution in [1.29, 1.82) is 0 Å². The van der Waals surface area contributed by atoms with Crippen molar-refractivity contribution in [1.82, 2.24) is 15.0 Å². The normalized spacial score (nSPS) is 18.2. The molecule has 2 aliphatic rings. The van der Waals surface area contributed by atoms with Gasteiger partial charge in [0.05, 0.1) is 37.7 Å². The van der Waals surface area contributed by atoms with E-state index >= 15 is 0 Å². The van der Waals surface area contributed by atoms with Crippen molar-refractivity contribution in [3.05, 3.63) is 28.6 Å². The standard InChI is InChI=1S/C17H22N6O3/c18-14-2-1-12(16(24)20-14)13-11-15(22-3-7-25-8-4-22)21-17(19-13)23-5-9-26-10-6-23/h1-2,11H,3-10H2,(H3,18,20,24). The van der Waals surface area contributed by atoms with Crippen molar-refractivity contribution in [3.8, 4) is 11.3 Å². The fourth-order valence-electron chi connectivity index (χ4n) is 3.11. The summed E-state index contributed by atoms with van der Waals surface area (Å²) in [5.74, 6) is 1.74. The number of pyridine rings is 1.